The smallest absolute Gasteiger partial charge is 0.299 e. The average Bonchev–Trinajstić information content (AvgIpc) is 2.78. The third-order valence-corrected chi connectivity index (χ3v) is 2.71. The molecular formula is C10H11N3O2S. The molecule has 0 aliphatic rings. The third kappa shape index (κ3) is 2.47. The van der Waals surface area contributed by atoms with Crippen LogP contribution in [0.25, 0.3) is 0 Å². The molecule has 0 fully saturated rings. The van der Waals surface area contributed by atoms with Gasteiger partial charge in [-0.15, -0.1) is 5.10 Å². The van der Waals surface area contributed by atoms with E-state index >= 15 is 0 Å². The lowest BCUT2D eigenvalue weighted by Crippen LogP contribution is -1.94. The summed E-state index contributed by atoms with van der Waals surface area (Å²) in [7, 11) is 1.62. The largest absolute Gasteiger partial charge is 0.497 e. The van der Waals surface area contributed by atoms with Gasteiger partial charge in [-0.2, -0.15) is 0 Å². The zero-order chi connectivity index (χ0) is 11.4. The van der Waals surface area contributed by atoms with Crippen LogP contribution in [0, 0.1) is 0 Å². The predicted octanol–water partition coefficient (Wildman–Crippen LogP) is 1.80. The number of rotatable bonds is 4. The van der Waals surface area contributed by atoms with Crippen molar-refractivity contribution < 1.29 is 9.47 Å². The van der Waals surface area contributed by atoms with Gasteiger partial charge >= 0.3 is 0 Å². The number of hydrogen-bond donors (Lipinski definition) is 1. The van der Waals surface area contributed by atoms with Crippen molar-refractivity contribution in [2.24, 2.45) is 5.73 Å². The Hall–Kier alpha value is -1.66. The monoisotopic (exact) mass is 237 g/mol. The van der Waals surface area contributed by atoms with Crippen LogP contribution in [0.5, 0.6) is 16.7 Å². The minimum Gasteiger partial charge on any atom is -0.497 e. The summed E-state index contributed by atoms with van der Waals surface area (Å²) in [4.78, 5) is 0. The van der Waals surface area contributed by atoms with Crippen LogP contribution in [0.2, 0.25) is 0 Å². The molecule has 0 amide bonds. The van der Waals surface area contributed by atoms with E-state index in [1.165, 1.54) is 11.3 Å². The van der Waals surface area contributed by atoms with Gasteiger partial charge in [0.15, 0.2) is 0 Å². The fraction of sp³-hybridized carbons (Fsp3) is 0.200. The molecule has 1 aromatic heterocycles. The van der Waals surface area contributed by atoms with Crippen LogP contribution in [0.15, 0.2) is 24.3 Å². The van der Waals surface area contributed by atoms with E-state index in [-0.39, 0.29) is 0 Å². The standard InChI is InChI=1S/C10H11N3O2S/c1-14-7-2-4-8(5-3-7)15-10-13-12-9(6-11)16-10/h2-5H,6,11H2,1H3. The first kappa shape index (κ1) is 10.8. The van der Waals surface area contributed by atoms with Crippen molar-refractivity contribution >= 4 is 11.3 Å². The second-order valence-electron chi connectivity index (χ2n) is 2.94. The molecule has 0 spiro atoms. The Kier molecular flexibility index (Phi) is 3.33. The van der Waals surface area contributed by atoms with E-state index in [1.807, 2.05) is 24.3 Å². The summed E-state index contributed by atoms with van der Waals surface area (Å²) in [6.07, 6.45) is 0. The maximum Gasteiger partial charge on any atom is 0.299 e. The molecule has 0 aliphatic heterocycles. The summed E-state index contributed by atoms with van der Waals surface area (Å²) >= 11 is 1.34. The van der Waals surface area contributed by atoms with Crippen molar-refractivity contribution in [2.75, 3.05) is 7.11 Å². The van der Waals surface area contributed by atoms with Gasteiger partial charge in [-0.05, 0) is 24.3 Å². The fourth-order valence-electron chi connectivity index (χ4n) is 1.11. The van der Waals surface area contributed by atoms with Gasteiger partial charge in [-0.3, -0.25) is 0 Å². The number of hydrogen-bond acceptors (Lipinski definition) is 6. The lowest BCUT2D eigenvalue weighted by molar-refractivity contribution is 0.412. The molecule has 0 saturated carbocycles. The molecule has 0 saturated heterocycles. The molecule has 0 atom stereocenters. The molecule has 0 radical (unpaired) electrons. The molecular weight excluding hydrogens is 226 g/mol. The number of methoxy groups -OCH3 is 1. The number of benzene rings is 1. The summed E-state index contributed by atoms with van der Waals surface area (Å²) in [6, 6.07) is 7.26. The van der Waals surface area contributed by atoms with Gasteiger partial charge in [0.1, 0.15) is 16.5 Å². The molecule has 0 aliphatic carbocycles. The van der Waals surface area contributed by atoms with Crippen molar-refractivity contribution in [3.05, 3.63) is 29.3 Å². The first-order valence-electron chi connectivity index (χ1n) is 4.66. The van der Waals surface area contributed by atoms with Crippen molar-refractivity contribution in [3.63, 3.8) is 0 Å². The number of aromatic nitrogens is 2. The summed E-state index contributed by atoms with van der Waals surface area (Å²) < 4.78 is 10.5. The Morgan fingerprint density at radius 2 is 1.88 bits per heavy atom. The van der Waals surface area contributed by atoms with E-state index < -0.39 is 0 Å². The van der Waals surface area contributed by atoms with Crippen LogP contribution in [-0.2, 0) is 6.54 Å². The van der Waals surface area contributed by atoms with Gasteiger partial charge in [0.2, 0.25) is 0 Å². The van der Waals surface area contributed by atoms with Crippen LogP contribution >= 0.6 is 11.3 Å². The molecule has 6 heteroatoms. The molecule has 0 bridgehead atoms. The average molecular weight is 237 g/mol. The van der Waals surface area contributed by atoms with Crippen LogP contribution in [0.3, 0.4) is 0 Å². The molecule has 16 heavy (non-hydrogen) atoms. The Morgan fingerprint density at radius 1 is 1.19 bits per heavy atom. The van der Waals surface area contributed by atoms with Gasteiger partial charge in [-0.1, -0.05) is 16.4 Å². The van der Waals surface area contributed by atoms with Crippen LogP contribution < -0.4 is 15.2 Å². The highest BCUT2D eigenvalue weighted by Gasteiger charge is 2.04. The first-order chi connectivity index (χ1) is 7.81. The van der Waals surface area contributed by atoms with Crippen LogP contribution in [0.4, 0.5) is 0 Å². The Labute approximate surface area is 96.8 Å². The summed E-state index contributed by atoms with van der Waals surface area (Å²) in [5.41, 5.74) is 5.43. The highest BCUT2D eigenvalue weighted by Crippen LogP contribution is 2.26. The molecule has 1 heterocycles. The van der Waals surface area contributed by atoms with Crippen molar-refractivity contribution in [3.8, 4) is 16.7 Å². The van der Waals surface area contributed by atoms with Gasteiger partial charge < -0.3 is 15.2 Å². The molecule has 0 unspecified atom stereocenters. The lowest BCUT2D eigenvalue weighted by Gasteiger charge is -2.02. The fourth-order valence-corrected chi connectivity index (χ4v) is 1.69. The van der Waals surface area contributed by atoms with Crippen molar-refractivity contribution in [1.82, 2.24) is 10.2 Å². The Bertz CT molecular complexity index is 455. The second-order valence-corrected chi connectivity index (χ2v) is 3.97. The Balaban J connectivity index is 2.08. The van der Waals surface area contributed by atoms with Gasteiger partial charge in [0.05, 0.1) is 7.11 Å². The van der Waals surface area contributed by atoms with Crippen LogP contribution in [0.1, 0.15) is 5.01 Å². The highest BCUT2D eigenvalue weighted by molar-refractivity contribution is 7.13. The highest BCUT2D eigenvalue weighted by atomic mass is 32.1. The van der Waals surface area contributed by atoms with E-state index in [0.717, 1.165) is 10.8 Å². The van der Waals surface area contributed by atoms with E-state index in [2.05, 4.69) is 10.2 Å². The number of nitrogens with zero attached hydrogens (tertiary/aromatic N) is 2. The Morgan fingerprint density at radius 3 is 2.44 bits per heavy atom. The molecule has 2 rings (SSSR count). The zero-order valence-electron chi connectivity index (χ0n) is 8.71. The van der Waals surface area contributed by atoms with E-state index in [9.17, 15) is 0 Å². The molecule has 1 aromatic carbocycles. The predicted molar refractivity (Wildman–Crippen MR) is 60.9 cm³/mol. The van der Waals surface area contributed by atoms with E-state index in [4.69, 9.17) is 15.2 Å². The molecule has 5 nitrogen and oxygen atoms in total. The normalized spacial score (nSPS) is 10.1. The summed E-state index contributed by atoms with van der Waals surface area (Å²) in [6.45, 7) is 0.379. The third-order valence-electron chi connectivity index (χ3n) is 1.89. The molecule has 2 N–H and O–H groups in total. The van der Waals surface area contributed by atoms with Gasteiger partial charge in [-0.25, -0.2) is 0 Å². The van der Waals surface area contributed by atoms with Gasteiger partial charge in [0.25, 0.3) is 5.19 Å². The van der Waals surface area contributed by atoms with Crippen molar-refractivity contribution in [1.29, 1.82) is 0 Å². The van der Waals surface area contributed by atoms with Gasteiger partial charge in [0, 0.05) is 6.54 Å². The minimum atomic E-state index is 0.379. The zero-order valence-corrected chi connectivity index (χ0v) is 9.53. The topological polar surface area (TPSA) is 70.3 Å². The maximum atomic E-state index is 5.49. The summed E-state index contributed by atoms with van der Waals surface area (Å²) in [5.74, 6) is 1.48. The summed E-state index contributed by atoms with van der Waals surface area (Å²) in [5, 5.41) is 8.96. The SMILES string of the molecule is COc1ccc(Oc2nnc(CN)s2)cc1. The second kappa shape index (κ2) is 4.91. The lowest BCUT2D eigenvalue weighted by atomic mass is 10.3. The van der Waals surface area contributed by atoms with E-state index in [0.29, 0.717) is 17.5 Å². The maximum absolute atomic E-state index is 5.49. The molecule has 2 aromatic rings. The quantitative estimate of drug-likeness (QED) is 0.878. The van der Waals surface area contributed by atoms with Crippen molar-refractivity contribution in [2.45, 2.75) is 6.54 Å². The van der Waals surface area contributed by atoms with Crippen LogP contribution in [-0.4, -0.2) is 17.3 Å². The van der Waals surface area contributed by atoms with E-state index in [1.54, 1.807) is 7.11 Å². The minimum absolute atomic E-state index is 0.379. The number of ether oxygens (including phenoxy) is 2. The molecule has 84 valence electrons. The first-order valence-corrected chi connectivity index (χ1v) is 5.48. The number of nitrogens with two attached hydrogens (primary N) is 1.